The summed E-state index contributed by atoms with van der Waals surface area (Å²) < 4.78 is 5.35. The van der Waals surface area contributed by atoms with E-state index in [1.165, 1.54) is 11.0 Å². The van der Waals surface area contributed by atoms with Crippen LogP contribution in [0.1, 0.15) is 23.2 Å². The third-order valence-electron chi connectivity index (χ3n) is 3.37. The standard InChI is InChI=1S/C14H19N3O4/c1-16(2)14(18)10-5-6-12(13(8-10)17(19)20)15-11-4-3-7-21-9-11/h5-6,8,11,15H,3-4,7,9H2,1-2H3. The predicted octanol–water partition coefficient (Wildman–Crippen LogP) is 1.89. The molecule has 114 valence electrons. The van der Waals surface area contributed by atoms with Gasteiger partial charge in [0, 0.05) is 38.4 Å². The van der Waals surface area contributed by atoms with Gasteiger partial charge in [-0.05, 0) is 25.0 Å². The van der Waals surface area contributed by atoms with E-state index in [0.717, 1.165) is 19.4 Å². The maximum atomic E-state index is 11.9. The second kappa shape index (κ2) is 6.53. The monoisotopic (exact) mass is 293 g/mol. The number of anilines is 1. The number of rotatable bonds is 4. The molecule has 1 atom stereocenters. The molecule has 1 aromatic rings. The first-order valence-corrected chi connectivity index (χ1v) is 6.83. The molecule has 7 nitrogen and oxygen atoms in total. The Morgan fingerprint density at radius 2 is 2.24 bits per heavy atom. The molecule has 1 aliphatic rings. The van der Waals surface area contributed by atoms with Gasteiger partial charge in [-0.15, -0.1) is 0 Å². The number of amides is 1. The SMILES string of the molecule is CN(C)C(=O)c1ccc(NC2CCCOC2)c([N+](=O)[O-])c1. The molecule has 1 N–H and O–H groups in total. The lowest BCUT2D eigenvalue weighted by molar-refractivity contribution is -0.384. The molecule has 2 rings (SSSR count). The van der Waals surface area contributed by atoms with Crippen LogP contribution in [0.25, 0.3) is 0 Å². The molecule has 0 spiro atoms. The summed E-state index contributed by atoms with van der Waals surface area (Å²) in [5, 5.41) is 14.4. The van der Waals surface area contributed by atoms with Gasteiger partial charge in [-0.3, -0.25) is 14.9 Å². The molecule has 0 saturated carbocycles. The lowest BCUT2D eigenvalue weighted by atomic mass is 10.1. The summed E-state index contributed by atoms with van der Waals surface area (Å²) in [7, 11) is 3.22. The summed E-state index contributed by atoms with van der Waals surface area (Å²) in [6, 6.07) is 4.56. The molecule has 1 fully saturated rings. The van der Waals surface area contributed by atoms with E-state index >= 15 is 0 Å². The van der Waals surface area contributed by atoms with Crippen LogP contribution in [-0.2, 0) is 4.74 Å². The van der Waals surface area contributed by atoms with Gasteiger partial charge < -0.3 is 15.0 Å². The molecule has 1 aliphatic heterocycles. The number of nitro benzene ring substituents is 1. The van der Waals surface area contributed by atoms with Crippen LogP contribution in [0.2, 0.25) is 0 Å². The van der Waals surface area contributed by atoms with Gasteiger partial charge in [-0.25, -0.2) is 0 Å². The summed E-state index contributed by atoms with van der Waals surface area (Å²) in [5.41, 5.74) is 0.635. The van der Waals surface area contributed by atoms with Gasteiger partial charge in [0.15, 0.2) is 0 Å². The van der Waals surface area contributed by atoms with E-state index in [4.69, 9.17) is 4.74 Å². The van der Waals surface area contributed by atoms with Crippen molar-refractivity contribution < 1.29 is 14.5 Å². The number of carbonyl (C=O) groups is 1. The summed E-state index contributed by atoms with van der Waals surface area (Å²) in [5.74, 6) is -0.259. The predicted molar refractivity (Wildman–Crippen MR) is 78.6 cm³/mol. The molecule has 0 bridgehead atoms. The lowest BCUT2D eigenvalue weighted by Crippen LogP contribution is -2.30. The van der Waals surface area contributed by atoms with E-state index in [1.54, 1.807) is 26.2 Å². The minimum atomic E-state index is -0.474. The van der Waals surface area contributed by atoms with Crippen molar-refractivity contribution in [3.05, 3.63) is 33.9 Å². The van der Waals surface area contributed by atoms with Crippen LogP contribution >= 0.6 is 0 Å². The molecule has 1 amide bonds. The van der Waals surface area contributed by atoms with Gasteiger partial charge in [0.2, 0.25) is 0 Å². The summed E-state index contributed by atoms with van der Waals surface area (Å²) in [6.45, 7) is 1.27. The molecule has 1 unspecified atom stereocenters. The fourth-order valence-corrected chi connectivity index (χ4v) is 2.27. The van der Waals surface area contributed by atoms with Gasteiger partial charge in [-0.1, -0.05) is 0 Å². The minimum Gasteiger partial charge on any atom is -0.379 e. The number of carbonyl (C=O) groups excluding carboxylic acids is 1. The first-order chi connectivity index (χ1) is 9.99. The van der Waals surface area contributed by atoms with Crippen LogP contribution in [0, 0.1) is 10.1 Å². The van der Waals surface area contributed by atoms with Crippen molar-refractivity contribution in [1.82, 2.24) is 4.90 Å². The molecule has 1 aromatic carbocycles. The molecule has 0 radical (unpaired) electrons. The molecule has 21 heavy (non-hydrogen) atoms. The Morgan fingerprint density at radius 1 is 1.48 bits per heavy atom. The normalized spacial score (nSPS) is 18.1. The van der Waals surface area contributed by atoms with E-state index in [0.29, 0.717) is 17.9 Å². The first kappa shape index (κ1) is 15.2. The van der Waals surface area contributed by atoms with Crippen LogP contribution in [0.5, 0.6) is 0 Å². The topological polar surface area (TPSA) is 84.7 Å². The minimum absolute atomic E-state index is 0.0628. The maximum Gasteiger partial charge on any atom is 0.293 e. The summed E-state index contributed by atoms with van der Waals surface area (Å²) in [6.07, 6.45) is 1.85. The van der Waals surface area contributed by atoms with Gasteiger partial charge >= 0.3 is 0 Å². The van der Waals surface area contributed by atoms with Crippen LogP contribution in [-0.4, -0.2) is 49.1 Å². The van der Waals surface area contributed by atoms with Crippen molar-refractivity contribution >= 4 is 17.3 Å². The fraction of sp³-hybridized carbons (Fsp3) is 0.500. The number of ether oxygens (including phenoxy) is 1. The highest BCUT2D eigenvalue weighted by Crippen LogP contribution is 2.27. The molecule has 0 aliphatic carbocycles. The van der Waals surface area contributed by atoms with E-state index in [2.05, 4.69) is 5.32 Å². The third kappa shape index (κ3) is 3.69. The van der Waals surface area contributed by atoms with Crippen molar-refractivity contribution in [2.75, 3.05) is 32.6 Å². The van der Waals surface area contributed by atoms with E-state index in [9.17, 15) is 14.9 Å². The zero-order valence-electron chi connectivity index (χ0n) is 12.2. The van der Waals surface area contributed by atoms with E-state index in [-0.39, 0.29) is 17.6 Å². The maximum absolute atomic E-state index is 11.9. The van der Waals surface area contributed by atoms with Crippen LogP contribution < -0.4 is 5.32 Å². The number of nitrogens with one attached hydrogen (secondary N) is 1. The van der Waals surface area contributed by atoms with Crippen LogP contribution in [0.4, 0.5) is 11.4 Å². The lowest BCUT2D eigenvalue weighted by Gasteiger charge is -2.24. The highest BCUT2D eigenvalue weighted by atomic mass is 16.6. The third-order valence-corrected chi connectivity index (χ3v) is 3.37. The average molecular weight is 293 g/mol. The zero-order valence-corrected chi connectivity index (χ0v) is 12.2. The quantitative estimate of drug-likeness (QED) is 0.677. The van der Waals surface area contributed by atoms with Gasteiger partial charge in [0.05, 0.1) is 11.5 Å². The number of nitro groups is 1. The van der Waals surface area contributed by atoms with Crippen LogP contribution in [0.3, 0.4) is 0 Å². The molecular formula is C14H19N3O4. The molecule has 7 heteroatoms. The van der Waals surface area contributed by atoms with Gasteiger partial charge in [0.1, 0.15) is 5.69 Å². The van der Waals surface area contributed by atoms with Crippen LogP contribution in [0.15, 0.2) is 18.2 Å². The summed E-state index contributed by atoms with van der Waals surface area (Å²) >= 11 is 0. The highest BCUT2D eigenvalue weighted by molar-refractivity contribution is 5.95. The van der Waals surface area contributed by atoms with Crippen molar-refractivity contribution in [3.8, 4) is 0 Å². The number of hydrogen-bond acceptors (Lipinski definition) is 5. The van der Waals surface area contributed by atoms with Gasteiger partial charge in [-0.2, -0.15) is 0 Å². The second-order valence-electron chi connectivity index (χ2n) is 5.25. The zero-order chi connectivity index (χ0) is 15.4. The highest BCUT2D eigenvalue weighted by Gasteiger charge is 2.21. The Morgan fingerprint density at radius 3 is 2.81 bits per heavy atom. The van der Waals surface area contributed by atoms with Crippen molar-refractivity contribution in [2.24, 2.45) is 0 Å². The smallest absolute Gasteiger partial charge is 0.293 e. The Labute approximate surface area is 123 Å². The Balaban J connectivity index is 2.24. The first-order valence-electron chi connectivity index (χ1n) is 6.83. The second-order valence-corrected chi connectivity index (χ2v) is 5.25. The van der Waals surface area contributed by atoms with Gasteiger partial charge in [0.25, 0.3) is 11.6 Å². The Bertz CT molecular complexity index is 539. The molecule has 1 saturated heterocycles. The summed E-state index contributed by atoms with van der Waals surface area (Å²) in [4.78, 5) is 24.0. The largest absolute Gasteiger partial charge is 0.379 e. The number of nitrogens with zero attached hydrogens (tertiary/aromatic N) is 2. The molecule has 1 heterocycles. The fourth-order valence-electron chi connectivity index (χ4n) is 2.27. The van der Waals surface area contributed by atoms with Crippen molar-refractivity contribution in [3.63, 3.8) is 0 Å². The Kier molecular flexibility index (Phi) is 4.74. The molecular weight excluding hydrogens is 274 g/mol. The number of benzene rings is 1. The Hall–Kier alpha value is -2.15. The van der Waals surface area contributed by atoms with E-state index in [1.807, 2.05) is 0 Å². The van der Waals surface area contributed by atoms with Crippen molar-refractivity contribution in [1.29, 1.82) is 0 Å². The molecule has 0 aromatic heterocycles. The average Bonchev–Trinajstić information content (AvgIpc) is 2.47. The van der Waals surface area contributed by atoms with E-state index < -0.39 is 4.92 Å². The number of hydrogen-bond donors (Lipinski definition) is 1. The van der Waals surface area contributed by atoms with Crippen molar-refractivity contribution in [2.45, 2.75) is 18.9 Å².